The van der Waals surface area contributed by atoms with Gasteiger partial charge in [-0.15, -0.1) is 0 Å². The first-order valence-corrected chi connectivity index (χ1v) is 7.07. The van der Waals surface area contributed by atoms with Crippen molar-refractivity contribution in [1.29, 1.82) is 0 Å². The molecule has 0 saturated carbocycles. The third kappa shape index (κ3) is 2.87. The Morgan fingerprint density at radius 1 is 1.61 bits per heavy atom. The predicted octanol–water partition coefficient (Wildman–Crippen LogP) is 3.40. The van der Waals surface area contributed by atoms with Crippen LogP contribution in [0.25, 0.3) is 0 Å². The molecule has 0 aromatic heterocycles. The Balaban J connectivity index is 2.13. The molecular weight excluding hydrogens is 318 g/mol. The molecule has 1 aromatic rings. The number of benzene rings is 1. The van der Waals surface area contributed by atoms with Crippen molar-refractivity contribution in [2.24, 2.45) is 5.92 Å². The van der Waals surface area contributed by atoms with Crippen molar-refractivity contribution in [2.45, 2.75) is 25.9 Å². The molecule has 2 rings (SSSR count). The number of aliphatic carboxylic acids is 1. The van der Waals surface area contributed by atoms with Crippen LogP contribution in [-0.2, 0) is 11.3 Å². The van der Waals surface area contributed by atoms with Crippen LogP contribution in [0.3, 0.4) is 0 Å². The number of nitrogens with zero attached hydrogens (tertiary/aromatic N) is 1. The first-order chi connectivity index (χ1) is 8.49. The van der Waals surface area contributed by atoms with Crippen LogP contribution >= 0.6 is 27.5 Å². The van der Waals surface area contributed by atoms with Crippen molar-refractivity contribution in [1.82, 2.24) is 4.90 Å². The summed E-state index contributed by atoms with van der Waals surface area (Å²) in [7, 11) is 0. The summed E-state index contributed by atoms with van der Waals surface area (Å²) in [5.41, 5.74) is 1.04. The highest BCUT2D eigenvalue weighted by molar-refractivity contribution is 9.10. The zero-order valence-electron chi connectivity index (χ0n) is 10.1. The molecule has 5 heteroatoms. The molecule has 1 N–H and O–H groups in total. The molecule has 1 saturated heterocycles. The minimum Gasteiger partial charge on any atom is -0.480 e. The maximum Gasteiger partial charge on any atom is 0.321 e. The van der Waals surface area contributed by atoms with Crippen molar-refractivity contribution >= 4 is 33.5 Å². The molecular formula is C13H15BrClNO2. The van der Waals surface area contributed by atoms with E-state index >= 15 is 0 Å². The van der Waals surface area contributed by atoms with E-state index in [1.54, 1.807) is 0 Å². The second-order valence-corrected chi connectivity index (χ2v) is 6.03. The van der Waals surface area contributed by atoms with Gasteiger partial charge in [-0.1, -0.05) is 24.6 Å². The highest BCUT2D eigenvalue weighted by Gasteiger charge is 2.36. The van der Waals surface area contributed by atoms with E-state index in [1.165, 1.54) is 0 Å². The van der Waals surface area contributed by atoms with Gasteiger partial charge in [-0.2, -0.15) is 0 Å². The maximum atomic E-state index is 11.3. The summed E-state index contributed by atoms with van der Waals surface area (Å²) >= 11 is 9.39. The average molecular weight is 333 g/mol. The first kappa shape index (κ1) is 13.8. The van der Waals surface area contributed by atoms with E-state index in [1.807, 2.05) is 30.0 Å². The Bertz CT molecular complexity index is 466. The summed E-state index contributed by atoms with van der Waals surface area (Å²) in [6.45, 7) is 3.45. The number of rotatable bonds is 3. The van der Waals surface area contributed by atoms with Crippen LogP contribution in [0.2, 0.25) is 5.02 Å². The number of hydrogen-bond acceptors (Lipinski definition) is 2. The largest absolute Gasteiger partial charge is 0.480 e. The van der Waals surface area contributed by atoms with E-state index in [0.717, 1.165) is 23.0 Å². The fourth-order valence-corrected chi connectivity index (χ4v) is 2.93. The van der Waals surface area contributed by atoms with Crippen LogP contribution in [0.4, 0.5) is 0 Å². The molecule has 0 aliphatic carbocycles. The molecule has 98 valence electrons. The molecule has 1 aliphatic rings. The van der Waals surface area contributed by atoms with Crippen LogP contribution in [-0.4, -0.2) is 28.6 Å². The average Bonchev–Trinajstić information content (AvgIpc) is 2.65. The van der Waals surface area contributed by atoms with Crippen molar-refractivity contribution in [3.63, 3.8) is 0 Å². The molecule has 2 unspecified atom stereocenters. The summed E-state index contributed by atoms with van der Waals surface area (Å²) < 4.78 is 0.859. The van der Waals surface area contributed by atoms with E-state index in [0.29, 0.717) is 11.6 Å². The lowest BCUT2D eigenvalue weighted by atomic mass is 10.0. The van der Waals surface area contributed by atoms with Crippen LogP contribution in [0.5, 0.6) is 0 Å². The van der Waals surface area contributed by atoms with E-state index in [-0.39, 0.29) is 12.0 Å². The molecule has 18 heavy (non-hydrogen) atoms. The Morgan fingerprint density at radius 2 is 2.33 bits per heavy atom. The Kier molecular flexibility index (Phi) is 4.30. The monoisotopic (exact) mass is 331 g/mol. The first-order valence-electron chi connectivity index (χ1n) is 5.90. The molecule has 1 aromatic carbocycles. The van der Waals surface area contributed by atoms with Gasteiger partial charge in [0.25, 0.3) is 0 Å². The van der Waals surface area contributed by atoms with Crippen molar-refractivity contribution in [2.75, 3.05) is 6.54 Å². The van der Waals surface area contributed by atoms with Gasteiger partial charge in [0.15, 0.2) is 0 Å². The standard InChI is InChI=1S/C13H15BrClNO2/c1-8-4-5-16(12(8)13(17)18)7-9-2-3-10(14)11(15)6-9/h2-3,6,8,12H,4-5,7H2,1H3,(H,17,18). The number of carboxylic acid groups (broad SMARTS) is 1. The summed E-state index contributed by atoms with van der Waals surface area (Å²) in [6, 6.07) is 5.37. The molecule has 0 radical (unpaired) electrons. The molecule has 0 bridgehead atoms. The minimum absolute atomic E-state index is 0.202. The maximum absolute atomic E-state index is 11.3. The molecule has 3 nitrogen and oxygen atoms in total. The highest BCUT2D eigenvalue weighted by atomic mass is 79.9. The van der Waals surface area contributed by atoms with Gasteiger partial charge in [0.2, 0.25) is 0 Å². The smallest absolute Gasteiger partial charge is 0.321 e. The van der Waals surface area contributed by atoms with Crippen LogP contribution in [0.15, 0.2) is 22.7 Å². The van der Waals surface area contributed by atoms with Gasteiger partial charge >= 0.3 is 5.97 Å². The summed E-state index contributed by atoms with van der Waals surface area (Å²) in [5.74, 6) is -0.531. The fourth-order valence-electron chi connectivity index (χ4n) is 2.48. The van der Waals surface area contributed by atoms with E-state index in [4.69, 9.17) is 11.6 Å². The molecule has 1 heterocycles. The summed E-state index contributed by atoms with van der Waals surface area (Å²) in [5, 5.41) is 9.91. The second-order valence-electron chi connectivity index (χ2n) is 4.77. The normalized spacial score (nSPS) is 24.4. The highest BCUT2D eigenvalue weighted by Crippen LogP contribution is 2.28. The van der Waals surface area contributed by atoms with Gasteiger partial charge in [-0.25, -0.2) is 0 Å². The topological polar surface area (TPSA) is 40.5 Å². The molecule has 0 spiro atoms. The third-order valence-corrected chi connectivity index (χ3v) is 4.66. The SMILES string of the molecule is CC1CCN(Cc2ccc(Br)c(Cl)c2)C1C(=O)O. The molecule has 2 atom stereocenters. The van der Waals surface area contributed by atoms with Crippen molar-refractivity contribution in [3.8, 4) is 0 Å². The van der Waals surface area contributed by atoms with E-state index in [2.05, 4.69) is 15.9 Å². The van der Waals surface area contributed by atoms with Crippen LogP contribution in [0.1, 0.15) is 18.9 Å². The third-order valence-electron chi connectivity index (χ3n) is 3.43. The Hall–Kier alpha value is -0.580. The Morgan fingerprint density at radius 3 is 2.94 bits per heavy atom. The number of hydrogen-bond donors (Lipinski definition) is 1. The van der Waals surface area contributed by atoms with E-state index in [9.17, 15) is 9.90 Å². The fraction of sp³-hybridized carbons (Fsp3) is 0.462. The predicted molar refractivity (Wildman–Crippen MR) is 74.8 cm³/mol. The number of halogens is 2. The van der Waals surface area contributed by atoms with Crippen molar-refractivity contribution in [3.05, 3.63) is 33.3 Å². The summed E-state index contributed by atoms with van der Waals surface area (Å²) in [4.78, 5) is 13.3. The summed E-state index contributed by atoms with van der Waals surface area (Å²) in [6.07, 6.45) is 0.932. The molecule has 1 fully saturated rings. The lowest BCUT2D eigenvalue weighted by molar-refractivity contribution is -0.143. The van der Waals surface area contributed by atoms with Gasteiger partial charge in [-0.3, -0.25) is 9.69 Å². The van der Waals surface area contributed by atoms with Crippen LogP contribution in [0, 0.1) is 5.92 Å². The number of carbonyl (C=O) groups is 1. The van der Waals surface area contributed by atoms with Gasteiger partial charge in [0, 0.05) is 11.0 Å². The lowest BCUT2D eigenvalue weighted by Crippen LogP contribution is -2.38. The van der Waals surface area contributed by atoms with Crippen molar-refractivity contribution < 1.29 is 9.90 Å². The number of carboxylic acids is 1. The molecule has 1 aliphatic heterocycles. The number of likely N-dealkylation sites (tertiary alicyclic amines) is 1. The zero-order chi connectivity index (χ0) is 13.3. The van der Waals surface area contributed by atoms with E-state index < -0.39 is 5.97 Å². The second kappa shape index (κ2) is 5.59. The Labute approximate surface area is 120 Å². The van der Waals surface area contributed by atoms with Gasteiger partial charge in [-0.05, 0) is 52.5 Å². The lowest BCUT2D eigenvalue weighted by Gasteiger charge is -2.23. The quantitative estimate of drug-likeness (QED) is 0.922. The van der Waals surface area contributed by atoms with Gasteiger partial charge in [0.1, 0.15) is 6.04 Å². The van der Waals surface area contributed by atoms with Crippen LogP contribution < -0.4 is 0 Å². The van der Waals surface area contributed by atoms with Gasteiger partial charge < -0.3 is 5.11 Å². The minimum atomic E-state index is -0.733. The zero-order valence-corrected chi connectivity index (χ0v) is 12.4. The molecule has 0 amide bonds. The van der Waals surface area contributed by atoms with Gasteiger partial charge in [0.05, 0.1) is 5.02 Å².